The van der Waals surface area contributed by atoms with Crippen molar-refractivity contribution in [3.63, 3.8) is 0 Å². The first kappa shape index (κ1) is 20.4. The van der Waals surface area contributed by atoms with Gasteiger partial charge in [0.05, 0.1) is 24.3 Å². The van der Waals surface area contributed by atoms with Crippen LogP contribution in [0.25, 0.3) is 10.8 Å². The van der Waals surface area contributed by atoms with Gasteiger partial charge in [0, 0.05) is 10.9 Å². The van der Waals surface area contributed by atoms with Crippen molar-refractivity contribution in [2.45, 2.75) is 47.1 Å². The minimum Gasteiger partial charge on any atom is -0.422 e. The molecular formula is C24H21F3O3. The van der Waals surface area contributed by atoms with Gasteiger partial charge in [0.1, 0.15) is 5.75 Å². The molecule has 156 valence electrons. The van der Waals surface area contributed by atoms with Crippen molar-refractivity contribution in [2.75, 3.05) is 0 Å². The second-order valence-corrected chi connectivity index (χ2v) is 7.83. The van der Waals surface area contributed by atoms with E-state index in [-0.39, 0.29) is 19.0 Å². The van der Waals surface area contributed by atoms with Crippen LogP contribution < -0.4 is 4.74 Å². The van der Waals surface area contributed by atoms with Crippen LogP contribution in [0.1, 0.15) is 49.3 Å². The lowest BCUT2D eigenvalue weighted by atomic mass is 9.93. The quantitative estimate of drug-likeness (QED) is 0.362. The molecule has 3 nitrogen and oxygen atoms in total. The van der Waals surface area contributed by atoms with Crippen LogP contribution in [0, 0.1) is 27.7 Å². The van der Waals surface area contributed by atoms with Gasteiger partial charge >= 0.3 is 12.1 Å². The highest BCUT2D eigenvalue weighted by Crippen LogP contribution is 2.42. The fraction of sp³-hybridized carbons (Fsp3) is 0.292. The second-order valence-electron chi connectivity index (χ2n) is 7.83. The maximum Gasteiger partial charge on any atom is 0.416 e. The van der Waals surface area contributed by atoms with Gasteiger partial charge in [-0.1, -0.05) is 23.8 Å². The number of fused-ring (bicyclic) bond motifs is 2. The standard InChI is InChI=1S/C24H21F3O3/c1-12-7-13(2)21(14(3)8-12)23(28)30-22-17-6-5-16(24(25,26)27)9-18(17)15(4)19-10-29-11-20(19)22/h5-9H,10-11H2,1-4H3. The summed E-state index contributed by atoms with van der Waals surface area (Å²) in [6.07, 6.45) is -4.46. The Balaban J connectivity index is 1.89. The Bertz CT molecular complexity index is 1170. The summed E-state index contributed by atoms with van der Waals surface area (Å²) in [6, 6.07) is 7.31. The number of aryl methyl sites for hydroxylation is 4. The molecule has 1 heterocycles. The van der Waals surface area contributed by atoms with Crippen molar-refractivity contribution in [1.82, 2.24) is 0 Å². The van der Waals surface area contributed by atoms with Crippen LogP contribution in [0.2, 0.25) is 0 Å². The van der Waals surface area contributed by atoms with Crippen molar-refractivity contribution >= 4 is 16.7 Å². The van der Waals surface area contributed by atoms with Gasteiger partial charge in [0.25, 0.3) is 0 Å². The topological polar surface area (TPSA) is 35.5 Å². The van der Waals surface area contributed by atoms with Gasteiger partial charge < -0.3 is 9.47 Å². The minimum absolute atomic E-state index is 0.252. The normalized spacial score (nSPS) is 13.6. The molecule has 0 saturated carbocycles. The summed E-state index contributed by atoms with van der Waals surface area (Å²) in [5, 5.41) is 0.884. The van der Waals surface area contributed by atoms with Crippen LogP contribution in [0.15, 0.2) is 30.3 Å². The molecule has 0 aliphatic carbocycles. The zero-order valence-electron chi connectivity index (χ0n) is 17.2. The van der Waals surface area contributed by atoms with Crippen molar-refractivity contribution in [3.05, 3.63) is 74.8 Å². The Labute approximate surface area is 172 Å². The molecule has 0 amide bonds. The Morgan fingerprint density at radius 3 is 2.20 bits per heavy atom. The highest BCUT2D eigenvalue weighted by molar-refractivity contribution is 6.00. The van der Waals surface area contributed by atoms with E-state index in [9.17, 15) is 18.0 Å². The number of carbonyl (C=O) groups excluding carboxylic acids is 1. The summed E-state index contributed by atoms with van der Waals surface area (Å²) in [6.45, 7) is 7.93. The molecule has 0 radical (unpaired) electrons. The molecule has 0 atom stereocenters. The Kier molecular flexibility index (Phi) is 4.85. The van der Waals surface area contributed by atoms with E-state index in [0.29, 0.717) is 21.9 Å². The third-order valence-electron chi connectivity index (χ3n) is 5.66. The largest absolute Gasteiger partial charge is 0.422 e. The first-order valence-corrected chi connectivity index (χ1v) is 9.61. The summed E-state index contributed by atoms with van der Waals surface area (Å²) >= 11 is 0. The smallest absolute Gasteiger partial charge is 0.416 e. The number of rotatable bonds is 2. The van der Waals surface area contributed by atoms with E-state index in [1.165, 1.54) is 6.07 Å². The van der Waals surface area contributed by atoms with Crippen LogP contribution in [-0.2, 0) is 24.1 Å². The summed E-state index contributed by atoms with van der Waals surface area (Å²) in [7, 11) is 0. The average molecular weight is 414 g/mol. The number of hydrogen-bond acceptors (Lipinski definition) is 3. The number of halogens is 3. The van der Waals surface area contributed by atoms with Crippen LogP contribution in [0.3, 0.4) is 0 Å². The molecule has 0 spiro atoms. The highest BCUT2D eigenvalue weighted by Gasteiger charge is 2.32. The third kappa shape index (κ3) is 3.35. The monoisotopic (exact) mass is 414 g/mol. The van der Waals surface area contributed by atoms with Crippen LogP contribution >= 0.6 is 0 Å². The molecule has 3 aromatic carbocycles. The molecule has 30 heavy (non-hydrogen) atoms. The average Bonchev–Trinajstić information content (AvgIpc) is 3.13. The third-order valence-corrected chi connectivity index (χ3v) is 5.66. The summed E-state index contributed by atoms with van der Waals surface area (Å²) in [5.74, 6) is -0.245. The Hall–Kier alpha value is -2.86. The maximum absolute atomic E-state index is 13.3. The summed E-state index contributed by atoms with van der Waals surface area (Å²) < 4.78 is 51.2. The van der Waals surface area contributed by atoms with Gasteiger partial charge in [-0.3, -0.25) is 0 Å². The zero-order chi connectivity index (χ0) is 21.8. The van der Waals surface area contributed by atoms with E-state index in [2.05, 4.69) is 0 Å². The molecule has 0 unspecified atom stereocenters. The minimum atomic E-state index is -4.46. The molecule has 0 fully saturated rings. The predicted octanol–water partition coefficient (Wildman–Crippen LogP) is 6.34. The van der Waals surface area contributed by atoms with E-state index in [4.69, 9.17) is 9.47 Å². The Morgan fingerprint density at radius 2 is 1.57 bits per heavy atom. The van der Waals surface area contributed by atoms with Crippen LogP contribution in [-0.4, -0.2) is 5.97 Å². The summed E-state index contributed by atoms with van der Waals surface area (Å²) in [4.78, 5) is 13.1. The molecule has 1 aliphatic rings. The van der Waals surface area contributed by atoms with Gasteiger partial charge in [-0.2, -0.15) is 13.2 Å². The van der Waals surface area contributed by atoms with E-state index in [0.717, 1.165) is 39.9 Å². The molecule has 6 heteroatoms. The predicted molar refractivity (Wildman–Crippen MR) is 108 cm³/mol. The number of alkyl halides is 3. The lowest BCUT2D eigenvalue weighted by molar-refractivity contribution is -0.137. The molecule has 0 bridgehead atoms. The molecule has 0 saturated heterocycles. The van der Waals surface area contributed by atoms with Gasteiger partial charge in [0.15, 0.2) is 0 Å². The molecular weight excluding hydrogens is 393 g/mol. The number of benzene rings is 3. The molecule has 1 aliphatic heterocycles. The molecule has 4 rings (SSSR count). The van der Waals surface area contributed by atoms with Crippen molar-refractivity contribution in [2.24, 2.45) is 0 Å². The van der Waals surface area contributed by atoms with Crippen LogP contribution in [0.4, 0.5) is 13.2 Å². The zero-order valence-corrected chi connectivity index (χ0v) is 17.2. The lowest BCUT2D eigenvalue weighted by Gasteiger charge is -2.18. The van der Waals surface area contributed by atoms with Crippen molar-refractivity contribution in [1.29, 1.82) is 0 Å². The highest BCUT2D eigenvalue weighted by atomic mass is 19.4. The van der Waals surface area contributed by atoms with Crippen LogP contribution in [0.5, 0.6) is 5.75 Å². The number of ether oxygens (including phenoxy) is 2. The Morgan fingerprint density at radius 1 is 0.933 bits per heavy atom. The second kappa shape index (κ2) is 7.13. The molecule has 0 aromatic heterocycles. The molecule has 3 aromatic rings. The van der Waals surface area contributed by atoms with Crippen molar-refractivity contribution < 1.29 is 27.4 Å². The van der Waals surface area contributed by atoms with E-state index < -0.39 is 17.7 Å². The number of esters is 1. The van der Waals surface area contributed by atoms with Gasteiger partial charge in [-0.05, 0) is 67.5 Å². The van der Waals surface area contributed by atoms with Gasteiger partial charge in [-0.15, -0.1) is 0 Å². The van der Waals surface area contributed by atoms with E-state index in [1.807, 2.05) is 32.9 Å². The first-order valence-electron chi connectivity index (χ1n) is 9.61. The lowest BCUT2D eigenvalue weighted by Crippen LogP contribution is -2.14. The fourth-order valence-electron chi connectivity index (χ4n) is 4.28. The van der Waals surface area contributed by atoms with Gasteiger partial charge in [-0.25, -0.2) is 4.79 Å². The first-order chi connectivity index (χ1) is 14.1. The number of carbonyl (C=O) groups is 1. The fourth-order valence-corrected chi connectivity index (χ4v) is 4.28. The SMILES string of the molecule is Cc1cc(C)c(C(=O)Oc2c3c(c(C)c4cc(C(F)(F)F)ccc24)COC3)c(C)c1. The van der Waals surface area contributed by atoms with E-state index >= 15 is 0 Å². The van der Waals surface area contributed by atoms with Crippen molar-refractivity contribution in [3.8, 4) is 5.75 Å². The van der Waals surface area contributed by atoms with E-state index in [1.54, 1.807) is 6.92 Å². The maximum atomic E-state index is 13.3. The molecule has 0 N–H and O–H groups in total. The van der Waals surface area contributed by atoms with Gasteiger partial charge in [0.2, 0.25) is 0 Å². The number of hydrogen-bond donors (Lipinski definition) is 0. The summed E-state index contributed by atoms with van der Waals surface area (Å²) in [5.41, 5.74) is 4.57.